The molecule has 0 spiro atoms. The number of aliphatic carboxylic acids is 1. The number of carbonyl (C=O) groups is 2. The first-order valence-corrected chi connectivity index (χ1v) is 18.1. The molecule has 262 valence electrons. The average Bonchev–Trinajstić information content (AvgIpc) is 3.53. The molecule has 3 aliphatic rings. The van der Waals surface area contributed by atoms with Gasteiger partial charge in [-0.3, -0.25) is 9.69 Å². The van der Waals surface area contributed by atoms with E-state index in [0.717, 1.165) is 95.4 Å². The highest BCUT2D eigenvalue weighted by atomic mass is 19.2. The van der Waals surface area contributed by atoms with Gasteiger partial charge in [0.25, 0.3) is 0 Å². The lowest BCUT2D eigenvalue weighted by molar-refractivity contribution is -0.145. The van der Waals surface area contributed by atoms with E-state index in [1.807, 2.05) is 29.2 Å². The van der Waals surface area contributed by atoms with Crippen LogP contribution < -0.4 is 5.32 Å². The summed E-state index contributed by atoms with van der Waals surface area (Å²) in [6, 6.07) is 23.8. The van der Waals surface area contributed by atoms with Crippen LogP contribution in [0.4, 0.5) is 13.6 Å². The predicted octanol–water partition coefficient (Wildman–Crippen LogP) is 6.93. The molecule has 6 rings (SSSR count). The minimum Gasteiger partial charge on any atom is -0.480 e. The van der Waals surface area contributed by atoms with Gasteiger partial charge in [-0.1, -0.05) is 86.0 Å². The number of piperidine rings is 1. The van der Waals surface area contributed by atoms with Gasteiger partial charge in [0.2, 0.25) is 0 Å². The van der Waals surface area contributed by atoms with Gasteiger partial charge < -0.3 is 20.2 Å². The highest BCUT2D eigenvalue weighted by Gasteiger charge is 2.43. The second-order valence-corrected chi connectivity index (χ2v) is 14.3. The zero-order chi connectivity index (χ0) is 34.2. The van der Waals surface area contributed by atoms with Gasteiger partial charge in [0, 0.05) is 57.8 Å². The Morgan fingerprint density at radius 1 is 0.837 bits per heavy atom. The summed E-state index contributed by atoms with van der Waals surface area (Å²) in [6.07, 6.45) is 7.82. The molecule has 2 amide bonds. The van der Waals surface area contributed by atoms with E-state index in [2.05, 4.69) is 51.5 Å². The van der Waals surface area contributed by atoms with Crippen LogP contribution in [0.1, 0.15) is 67.6 Å². The average molecular weight is 673 g/mol. The summed E-state index contributed by atoms with van der Waals surface area (Å²) in [6.45, 7) is 4.83. The third-order valence-corrected chi connectivity index (χ3v) is 11.1. The maximum atomic E-state index is 13.8. The fourth-order valence-electron chi connectivity index (χ4n) is 8.52. The molecule has 7 nitrogen and oxygen atoms in total. The van der Waals surface area contributed by atoms with Crippen LogP contribution in [-0.4, -0.2) is 83.2 Å². The van der Waals surface area contributed by atoms with E-state index in [9.17, 15) is 23.5 Å². The molecule has 0 aromatic heterocycles. The smallest absolute Gasteiger partial charge is 0.321 e. The van der Waals surface area contributed by atoms with Crippen LogP contribution in [0.15, 0.2) is 78.9 Å². The normalized spacial score (nSPS) is 21.8. The Morgan fingerprint density at radius 2 is 1.53 bits per heavy atom. The van der Waals surface area contributed by atoms with Crippen LogP contribution in [0, 0.1) is 23.5 Å². The van der Waals surface area contributed by atoms with Crippen LogP contribution in [0.3, 0.4) is 0 Å². The fraction of sp³-hybridized carbons (Fsp3) is 0.500. The Morgan fingerprint density at radius 3 is 2.20 bits per heavy atom. The Balaban J connectivity index is 1.11. The summed E-state index contributed by atoms with van der Waals surface area (Å²) in [4.78, 5) is 33.0. The Hall–Kier alpha value is -3.82. The number of nitrogens with zero attached hydrogens (tertiary/aromatic N) is 3. The molecule has 0 bridgehead atoms. The van der Waals surface area contributed by atoms with Crippen molar-refractivity contribution >= 4 is 12.0 Å². The minimum atomic E-state index is -0.924. The lowest BCUT2D eigenvalue weighted by Gasteiger charge is -2.40. The number of amides is 2. The number of urea groups is 1. The van der Waals surface area contributed by atoms with Gasteiger partial charge in [-0.15, -0.1) is 0 Å². The van der Waals surface area contributed by atoms with Crippen molar-refractivity contribution in [2.75, 3.05) is 39.3 Å². The topological polar surface area (TPSA) is 76.1 Å². The summed E-state index contributed by atoms with van der Waals surface area (Å²) in [5.74, 6) is -1.71. The summed E-state index contributed by atoms with van der Waals surface area (Å²) in [5, 5.41) is 13.4. The molecule has 0 radical (unpaired) electrons. The number of halogens is 2. The summed E-state index contributed by atoms with van der Waals surface area (Å²) < 4.78 is 27.3. The molecule has 0 unspecified atom stereocenters. The number of hydrogen-bond donors (Lipinski definition) is 2. The van der Waals surface area contributed by atoms with Crippen molar-refractivity contribution in [2.45, 2.75) is 75.9 Å². The largest absolute Gasteiger partial charge is 0.480 e. The number of rotatable bonds is 12. The molecule has 1 saturated carbocycles. The van der Waals surface area contributed by atoms with Crippen LogP contribution in [-0.2, 0) is 17.8 Å². The molecule has 9 heteroatoms. The lowest BCUT2D eigenvalue weighted by atomic mass is 9.83. The van der Waals surface area contributed by atoms with Gasteiger partial charge >= 0.3 is 12.0 Å². The molecule has 3 aromatic rings. The first kappa shape index (κ1) is 35.0. The van der Waals surface area contributed by atoms with Crippen LogP contribution in [0.5, 0.6) is 0 Å². The SMILES string of the molecule is O=C(O)[C@@H](C1CCCCC1)N1C[C@H](CN2CCC(N(CCc3ccccc3)C(=O)NCc3ccc(F)c(F)c3)CC2)[C@@H](c2ccccc2)C1. The van der Waals surface area contributed by atoms with Crippen molar-refractivity contribution in [1.29, 1.82) is 0 Å². The van der Waals surface area contributed by atoms with Crippen LogP contribution >= 0.6 is 0 Å². The Kier molecular flexibility index (Phi) is 12.0. The van der Waals surface area contributed by atoms with E-state index >= 15 is 0 Å². The summed E-state index contributed by atoms with van der Waals surface area (Å²) >= 11 is 0. The third-order valence-electron chi connectivity index (χ3n) is 11.1. The number of nitrogens with one attached hydrogen (secondary N) is 1. The number of benzene rings is 3. The third kappa shape index (κ3) is 9.05. The zero-order valence-electron chi connectivity index (χ0n) is 28.4. The van der Waals surface area contributed by atoms with Crippen molar-refractivity contribution in [3.63, 3.8) is 0 Å². The van der Waals surface area contributed by atoms with Crippen molar-refractivity contribution < 1.29 is 23.5 Å². The molecule has 3 aromatic carbocycles. The quantitative estimate of drug-likeness (QED) is 0.218. The Bertz CT molecular complexity index is 1510. The summed E-state index contributed by atoms with van der Waals surface area (Å²) in [7, 11) is 0. The number of carboxylic acid groups (broad SMARTS) is 1. The molecule has 2 saturated heterocycles. The van der Waals surface area contributed by atoms with Crippen molar-refractivity contribution in [3.05, 3.63) is 107 Å². The number of likely N-dealkylation sites (tertiary alicyclic amines) is 2. The van der Waals surface area contributed by atoms with Gasteiger partial charge in [-0.05, 0) is 72.8 Å². The van der Waals surface area contributed by atoms with Crippen molar-refractivity contribution in [2.24, 2.45) is 11.8 Å². The minimum absolute atomic E-state index is 0.0533. The second-order valence-electron chi connectivity index (χ2n) is 14.3. The van der Waals surface area contributed by atoms with E-state index in [1.54, 1.807) is 0 Å². The maximum absolute atomic E-state index is 13.8. The van der Waals surface area contributed by atoms with E-state index in [4.69, 9.17) is 0 Å². The number of carboxylic acids is 1. The first-order chi connectivity index (χ1) is 23.9. The summed E-state index contributed by atoms with van der Waals surface area (Å²) in [5.41, 5.74) is 2.95. The van der Waals surface area contributed by atoms with Crippen molar-refractivity contribution in [1.82, 2.24) is 20.0 Å². The molecule has 3 atom stereocenters. The van der Waals surface area contributed by atoms with Gasteiger partial charge in [-0.25, -0.2) is 13.6 Å². The van der Waals surface area contributed by atoms with Crippen LogP contribution in [0.25, 0.3) is 0 Å². The lowest BCUT2D eigenvalue weighted by Crippen LogP contribution is -2.52. The molecular weight excluding hydrogens is 622 g/mol. The molecular formula is C40H50F2N4O3. The highest BCUT2D eigenvalue weighted by molar-refractivity contribution is 5.75. The Labute approximate surface area is 289 Å². The first-order valence-electron chi connectivity index (χ1n) is 18.1. The van der Waals surface area contributed by atoms with E-state index in [1.165, 1.54) is 18.1 Å². The number of hydrogen-bond acceptors (Lipinski definition) is 4. The maximum Gasteiger partial charge on any atom is 0.321 e. The molecule has 2 N–H and O–H groups in total. The van der Waals surface area contributed by atoms with E-state index < -0.39 is 23.6 Å². The predicted molar refractivity (Wildman–Crippen MR) is 187 cm³/mol. The molecule has 3 fully saturated rings. The van der Waals surface area contributed by atoms with Gasteiger partial charge in [0.05, 0.1) is 0 Å². The van der Waals surface area contributed by atoms with Gasteiger partial charge in [0.1, 0.15) is 6.04 Å². The van der Waals surface area contributed by atoms with Crippen LogP contribution in [0.2, 0.25) is 0 Å². The molecule has 1 aliphatic carbocycles. The zero-order valence-corrected chi connectivity index (χ0v) is 28.4. The van der Waals surface area contributed by atoms with Crippen molar-refractivity contribution in [3.8, 4) is 0 Å². The number of carbonyl (C=O) groups excluding carboxylic acids is 1. The van der Waals surface area contributed by atoms with Gasteiger partial charge in [-0.2, -0.15) is 0 Å². The fourth-order valence-corrected chi connectivity index (χ4v) is 8.52. The standard InChI is InChI=1S/C40H50F2N4O3/c41-36-17-16-30(24-37(36)42)25-43-40(49)46(23-18-29-10-4-1-5-11-29)34-19-21-44(22-20-34)26-33-27-45(28-35(33)31-12-6-2-7-13-31)38(39(47)48)32-14-8-3-9-15-32/h1-2,4-7,10-13,16-17,24,32-35,38H,3,8-9,14-15,18-23,25-28H2,(H,43,49)(H,47,48)/t33-,35+,38+/m0/s1. The van der Waals surface area contributed by atoms with E-state index in [0.29, 0.717) is 18.0 Å². The molecule has 2 heterocycles. The van der Waals surface area contributed by atoms with E-state index in [-0.39, 0.29) is 30.5 Å². The second kappa shape index (κ2) is 16.7. The molecule has 2 aliphatic heterocycles. The molecule has 49 heavy (non-hydrogen) atoms. The van der Waals surface area contributed by atoms with Gasteiger partial charge in [0.15, 0.2) is 11.6 Å². The highest BCUT2D eigenvalue weighted by Crippen LogP contribution is 2.38. The monoisotopic (exact) mass is 672 g/mol.